The molecular formula is C12H12N2O3. The third-order valence-electron chi connectivity index (χ3n) is 3.10. The number of aromatic nitrogens is 1. The van der Waals surface area contributed by atoms with E-state index in [-0.39, 0.29) is 18.9 Å². The van der Waals surface area contributed by atoms with Crippen molar-refractivity contribution < 1.29 is 9.47 Å². The monoisotopic (exact) mass is 232 g/mol. The quantitative estimate of drug-likeness (QED) is 0.769. The van der Waals surface area contributed by atoms with Crippen molar-refractivity contribution in [1.82, 2.24) is 4.98 Å². The van der Waals surface area contributed by atoms with Gasteiger partial charge in [0.25, 0.3) is 5.56 Å². The molecule has 0 spiro atoms. The lowest BCUT2D eigenvalue weighted by Gasteiger charge is -2.07. The SMILES string of the molecule is Cc1c(CN)c(=O)[nH]c2cc3c(cc12)OCO3. The summed E-state index contributed by atoms with van der Waals surface area (Å²) in [5.74, 6) is 1.36. The van der Waals surface area contributed by atoms with Gasteiger partial charge in [-0.05, 0) is 18.6 Å². The van der Waals surface area contributed by atoms with Crippen LogP contribution in [0.1, 0.15) is 11.1 Å². The molecule has 0 saturated heterocycles. The highest BCUT2D eigenvalue weighted by Gasteiger charge is 2.16. The van der Waals surface area contributed by atoms with Crippen LogP contribution in [0.4, 0.5) is 0 Å². The largest absolute Gasteiger partial charge is 0.454 e. The van der Waals surface area contributed by atoms with Gasteiger partial charge in [-0.15, -0.1) is 0 Å². The Kier molecular flexibility index (Phi) is 2.09. The highest BCUT2D eigenvalue weighted by Crippen LogP contribution is 2.36. The first-order valence-corrected chi connectivity index (χ1v) is 5.36. The molecule has 0 saturated carbocycles. The summed E-state index contributed by atoms with van der Waals surface area (Å²) in [6.45, 7) is 2.34. The van der Waals surface area contributed by atoms with Crippen LogP contribution in [0.25, 0.3) is 10.9 Å². The van der Waals surface area contributed by atoms with E-state index in [1.807, 2.05) is 13.0 Å². The van der Waals surface area contributed by atoms with E-state index in [0.29, 0.717) is 17.1 Å². The fourth-order valence-electron chi connectivity index (χ4n) is 2.13. The number of aromatic amines is 1. The van der Waals surface area contributed by atoms with Crippen molar-refractivity contribution in [3.63, 3.8) is 0 Å². The van der Waals surface area contributed by atoms with E-state index in [1.54, 1.807) is 6.07 Å². The third-order valence-corrected chi connectivity index (χ3v) is 3.10. The lowest BCUT2D eigenvalue weighted by molar-refractivity contribution is 0.174. The topological polar surface area (TPSA) is 77.3 Å². The Morgan fingerprint density at radius 1 is 1.35 bits per heavy atom. The predicted molar refractivity (Wildman–Crippen MR) is 63.3 cm³/mol. The maximum atomic E-state index is 11.8. The number of nitrogens with two attached hydrogens (primary N) is 1. The number of rotatable bonds is 1. The van der Waals surface area contributed by atoms with Crippen LogP contribution in [0.3, 0.4) is 0 Å². The van der Waals surface area contributed by atoms with E-state index in [9.17, 15) is 4.79 Å². The number of hydrogen-bond acceptors (Lipinski definition) is 4. The third kappa shape index (κ3) is 1.39. The number of fused-ring (bicyclic) bond motifs is 2. The van der Waals surface area contributed by atoms with E-state index < -0.39 is 0 Å². The van der Waals surface area contributed by atoms with Crippen LogP contribution < -0.4 is 20.8 Å². The molecule has 5 nitrogen and oxygen atoms in total. The van der Waals surface area contributed by atoms with Gasteiger partial charge in [-0.3, -0.25) is 4.79 Å². The van der Waals surface area contributed by atoms with E-state index >= 15 is 0 Å². The molecule has 5 heteroatoms. The molecule has 3 rings (SSSR count). The smallest absolute Gasteiger partial charge is 0.253 e. The van der Waals surface area contributed by atoms with Gasteiger partial charge in [0, 0.05) is 23.6 Å². The second kappa shape index (κ2) is 3.49. The number of nitrogens with one attached hydrogen (secondary N) is 1. The zero-order valence-corrected chi connectivity index (χ0v) is 9.37. The number of aryl methyl sites for hydroxylation is 1. The lowest BCUT2D eigenvalue weighted by Crippen LogP contribution is -2.18. The average Bonchev–Trinajstić information content (AvgIpc) is 2.74. The molecule has 17 heavy (non-hydrogen) atoms. The van der Waals surface area contributed by atoms with Gasteiger partial charge in [-0.1, -0.05) is 0 Å². The summed E-state index contributed by atoms with van der Waals surface area (Å²) >= 11 is 0. The fourth-order valence-corrected chi connectivity index (χ4v) is 2.13. The molecule has 88 valence electrons. The van der Waals surface area contributed by atoms with E-state index in [0.717, 1.165) is 16.5 Å². The van der Waals surface area contributed by atoms with E-state index in [1.165, 1.54) is 0 Å². The van der Waals surface area contributed by atoms with Crippen molar-refractivity contribution in [3.8, 4) is 11.5 Å². The number of ether oxygens (including phenoxy) is 2. The van der Waals surface area contributed by atoms with Crippen LogP contribution in [-0.4, -0.2) is 11.8 Å². The van der Waals surface area contributed by atoms with Crippen molar-refractivity contribution in [2.75, 3.05) is 6.79 Å². The minimum absolute atomic E-state index is 0.142. The standard InChI is InChI=1S/C12H12N2O3/c1-6-7-2-10-11(17-5-16-10)3-9(7)14-12(15)8(6)4-13/h2-3H,4-5,13H2,1H3,(H,14,15). The van der Waals surface area contributed by atoms with Gasteiger partial charge in [-0.25, -0.2) is 0 Å². The summed E-state index contributed by atoms with van der Waals surface area (Å²) < 4.78 is 10.6. The first-order chi connectivity index (χ1) is 8.20. The van der Waals surface area contributed by atoms with Gasteiger partial charge in [-0.2, -0.15) is 0 Å². The van der Waals surface area contributed by atoms with Crippen molar-refractivity contribution in [3.05, 3.63) is 33.6 Å². The van der Waals surface area contributed by atoms with Crippen LogP contribution in [0.15, 0.2) is 16.9 Å². The summed E-state index contributed by atoms with van der Waals surface area (Å²) in [5.41, 5.74) is 7.68. The van der Waals surface area contributed by atoms with Crippen molar-refractivity contribution in [1.29, 1.82) is 0 Å². The van der Waals surface area contributed by atoms with Crippen LogP contribution in [0, 0.1) is 6.92 Å². The molecule has 1 aliphatic heterocycles. The summed E-state index contributed by atoms with van der Waals surface area (Å²) in [6.07, 6.45) is 0. The zero-order valence-electron chi connectivity index (χ0n) is 9.37. The zero-order chi connectivity index (χ0) is 12.0. The first-order valence-electron chi connectivity index (χ1n) is 5.36. The molecule has 1 aromatic heterocycles. The number of hydrogen-bond donors (Lipinski definition) is 2. The van der Waals surface area contributed by atoms with Gasteiger partial charge < -0.3 is 20.2 Å². The first kappa shape index (κ1) is 10.2. The van der Waals surface area contributed by atoms with Crippen LogP contribution in [0.2, 0.25) is 0 Å². The summed E-state index contributed by atoms with van der Waals surface area (Å²) in [7, 11) is 0. The Morgan fingerprint density at radius 2 is 2.06 bits per heavy atom. The molecule has 0 fully saturated rings. The number of pyridine rings is 1. The second-order valence-electron chi connectivity index (χ2n) is 4.01. The Labute approximate surface area is 97.2 Å². The second-order valence-corrected chi connectivity index (χ2v) is 4.01. The molecule has 0 bridgehead atoms. The normalized spacial score (nSPS) is 13.3. The molecule has 0 aliphatic carbocycles. The molecule has 0 atom stereocenters. The summed E-state index contributed by atoms with van der Waals surface area (Å²) in [6, 6.07) is 3.66. The molecule has 0 radical (unpaired) electrons. The number of benzene rings is 1. The molecule has 1 aliphatic rings. The van der Waals surface area contributed by atoms with Crippen LogP contribution in [-0.2, 0) is 6.54 Å². The molecule has 0 amide bonds. The summed E-state index contributed by atoms with van der Waals surface area (Å²) in [5, 5.41) is 0.939. The maximum absolute atomic E-state index is 11.8. The minimum Gasteiger partial charge on any atom is -0.454 e. The van der Waals surface area contributed by atoms with E-state index in [4.69, 9.17) is 15.2 Å². The highest BCUT2D eigenvalue weighted by molar-refractivity contribution is 5.86. The Balaban J connectivity index is 2.40. The number of H-pyrrole nitrogens is 1. The van der Waals surface area contributed by atoms with Crippen molar-refractivity contribution in [2.24, 2.45) is 5.73 Å². The molecule has 2 heterocycles. The summed E-state index contributed by atoms with van der Waals surface area (Å²) in [4.78, 5) is 14.6. The predicted octanol–water partition coefficient (Wildman–Crippen LogP) is 1.02. The molecular weight excluding hydrogens is 220 g/mol. The van der Waals surface area contributed by atoms with Crippen LogP contribution in [0.5, 0.6) is 11.5 Å². The maximum Gasteiger partial charge on any atom is 0.253 e. The molecule has 2 aromatic rings. The fraction of sp³-hybridized carbons (Fsp3) is 0.250. The van der Waals surface area contributed by atoms with Gasteiger partial charge in [0.05, 0.1) is 5.52 Å². The molecule has 3 N–H and O–H groups in total. The molecule has 0 unspecified atom stereocenters. The van der Waals surface area contributed by atoms with Gasteiger partial charge >= 0.3 is 0 Å². The average molecular weight is 232 g/mol. The molecule has 1 aromatic carbocycles. The van der Waals surface area contributed by atoms with Gasteiger partial charge in [0.15, 0.2) is 11.5 Å². The Bertz CT molecular complexity index is 661. The lowest BCUT2D eigenvalue weighted by atomic mass is 10.0. The Hall–Kier alpha value is -2.01. The van der Waals surface area contributed by atoms with Crippen molar-refractivity contribution >= 4 is 10.9 Å². The minimum atomic E-state index is -0.142. The van der Waals surface area contributed by atoms with Crippen LogP contribution >= 0.6 is 0 Å². The highest BCUT2D eigenvalue weighted by atomic mass is 16.7. The Morgan fingerprint density at radius 3 is 2.76 bits per heavy atom. The van der Waals surface area contributed by atoms with E-state index in [2.05, 4.69) is 4.98 Å². The van der Waals surface area contributed by atoms with Crippen molar-refractivity contribution in [2.45, 2.75) is 13.5 Å². The van der Waals surface area contributed by atoms with Gasteiger partial charge in [0.2, 0.25) is 6.79 Å². The van der Waals surface area contributed by atoms with Gasteiger partial charge in [0.1, 0.15) is 0 Å².